The maximum Gasteiger partial charge on any atom is 0.439 e. The van der Waals surface area contributed by atoms with Gasteiger partial charge in [-0.15, -0.1) is 0 Å². The summed E-state index contributed by atoms with van der Waals surface area (Å²) >= 11 is 6.31. The average molecular weight is 590 g/mol. The summed E-state index contributed by atoms with van der Waals surface area (Å²) in [6.07, 6.45) is 6.14. The minimum absolute atomic E-state index is 0.167. The molecule has 0 radical (unpaired) electrons. The maximum absolute atomic E-state index is 12.9. The van der Waals surface area contributed by atoms with Crippen molar-refractivity contribution in [2.24, 2.45) is 11.8 Å². The number of H-pyrrole nitrogens is 1. The normalized spacial score (nSPS) is 18.3. The van der Waals surface area contributed by atoms with E-state index in [1.165, 1.54) is 32.8 Å². The smallest absolute Gasteiger partial charge is 0.380 e. The fourth-order valence-electron chi connectivity index (χ4n) is 5.46. The van der Waals surface area contributed by atoms with Gasteiger partial charge in [-0.05, 0) is 36.8 Å². The molecule has 0 spiro atoms. The molecule has 4 heterocycles. The number of hydrogen-bond acceptors (Lipinski definition) is 8. The number of aromatic amines is 1. The number of anilines is 1. The van der Waals surface area contributed by atoms with Crippen LogP contribution >= 0.6 is 11.6 Å². The van der Waals surface area contributed by atoms with Crippen molar-refractivity contribution < 1.29 is 18.0 Å². The van der Waals surface area contributed by atoms with E-state index in [9.17, 15) is 13.6 Å². The monoisotopic (exact) mass is 589 g/mol. The van der Waals surface area contributed by atoms with Gasteiger partial charge in [0, 0.05) is 44.6 Å². The SMILES string of the molecule is COC(CCC(F)F)CNc1nc2cc(-c3noc(=O)[nH]3)nc(-c3cncc(Cl)c3)c2n1CCC1CCC(C)CC1. The predicted molar refractivity (Wildman–Crippen MR) is 152 cm³/mol. The molecule has 1 fully saturated rings. The van der Waals surface area contributed by atoms with Crippen LogP contribution in [-0.2, 0) is 11.3 Å². The molecule has 1 aliphatic rings. The Bertz CT molecular complexity index is 1510. The van der Waals surface area contributed by atoms with Crippen LogP contribution in [0.25, 0.3) is 33.8 Å². The van der Waals surface area contributed by atoms with Crippen LogP contribution in [0.1, 0.15) is 51.9 Å². The lowest BCUT2D eigenvalue weighted by atomic mass is 9.81. The standard InChI is InChI=1S/C28H34ClF2N7O3/c1-16-3-5-17(6-4-16)9-10-38-25-21(35-27(38)33-15-20(40-2)7-8-23(30)31)12-22(26-36-28(39)41-37-26)34-24(25)18-11-19(29)14-32-13-18/h11-14,16-17,20,23H,3-10,15H2,1-2H3,(H,33,35)(H,36,37,39). The molecular weight excluding hydrogens is 556 g/mol. The Labute approximate surface area is 240 Å². The second-order valence-electron chi connectivity index (χ2n) is 10.8. The van der Waals surface area contributed by atoms with E-state index in [0.717, 1.165) is 17.9 Å². The molecule has 4 aromatic rings. The second kappa shape index (κ2) is 13.1. The van der Waals surface area contributed by atoms with Crippen molar-refractivity contribution in [1.29, 1.82) is 0 Å². The van der Waals surface area contributed by atoms with Gasteiger partial charge >= 0.3 is 5.76 Å². The number of imidazole rings is 1. The van der Waals surface area contributed by atoms with E-state index >= 15 is 0 Å². The van der Waals surface area contributed by atoms with Crippen molar-refractivity contribution in [3.05, 3.63) is 40.1 Å². The van der Waals surface area contributed by atoms with Crippen LogP contribution < -0.4 is 11.1 Å². The van der Waals surface area contributed by atoms with Crippen LogP contribution in [0.4, 0.5) is 14.7 Å². The van der Waals surface area contributed by atoms with Gasteiger partial charge in [0.05, 0.1) is 27.9 Å². The van der Waals surface area contributed by atoms with Gasteiger partial charge in [0.2, 0.25) is 18.2 Å². The van der Waals surface area contributed by atoms with Crippen LogP contribution in [0.15, 0.2) is 33.8 Å². The minimum Gasteiger partial charge on any atom is -0.380 e. The number of ether oxygens (including phenoxy) is 1. The minimum atomic E-state index is -2.39. The number of fused-ring (bicyclic) bond motifs is 1. The van der Waals surface area contributed by atoms with Crippen LogP contribution in [0.3, 0.4) is 0 Å². The molecule has 0 bridgehead atoms. The third kappa shape index (κ3) is 7.10. The molecule has 1 aliphatic carbocycles. The molecule has 10 nitrogen and oxygen atoms in total. The Hall–Kier alpha value is -3.38. The lowest BCUT2D eigenvalue weighted by Crippen LogP contribution is -2.24. The van der Waals surface area contributed by atoms with E-state index in [2.05, 4.69) is 31.9 Å². The van der Waals surface area contributed by atoms with E-state index in [-0.39, 0.29) is 18.7 Å². The summed E-state index contributed by atoms with van der Waals surface area (Å²) < 4.78 is 38.0. The molecule has 4 aromatic heterocycles. The first-order valence-electron chi connectivity index (χ1n) is 13.9. The number of alkyl halides is 2. The second-order valence-corrected chi connectivity index (χ2v) is 11.2. The lowest BCUT2D eigenvalue weighted by molar-refractivity contribution is 0.0711. The molecule has 41 heavy (non-hydrogen) atoms. The predicted octanol–water partition coefficient (Wildman–Crippen LogP) is 6.18. The van der Waals surface area contributed by atoms with Crippen molar-refractivity contribution >= 4 is 28.6 Å². The Morgan fingerprint density at radius 1 is 1.20 bits per heavy atom. The number of nitrogens with zero attached hydrogens (tertiary/aromatic N) is 5. The molecule has 0 saturated heterocycles. The highest BCUT2D eigenvalue weighted by Crippen LogP contribution is 2.35. The average Bonchev–Trinajstić information content (AvgIpc) is 3.55. The van der Waals surface area contributed by atoms with Crippen molar-refractivity contribution in [3.63, 3.8) is 0 Å². The molecule has 2 N–H and O–H groups in total. The Morgan fingerprint density at radius 3 is 2.68 bits per heavy atom. The molecule has 0 aromatic carbocycles. The third-order valence-corrected chi connectivity index (χ3v) is 8.02. The number of rotatable bonds is 12. The number of hydrogen-bond donors (Lipinski definition) is 2. The molecule has 0 aliphatic heterocycles. The Morgan fingerprint density at radius 2 is 2.00 bits per heavy atom. The Kier molecular flexibility index (Phi) is 9.29. The first kappa shape index (κ1) is 29.1. The van der Waals surface area contributed by atoms with Gasteiger partial charge in [-0.25, -0.2) is 23.5 Å². The van der Waals surface area contributed by atoms with Gasteiger partial charge in [-0.2, -0.15) is 0 Å². The van der Waals surface area contributed by atoms with Crippen LogP contribution in [0, 0.1) is 11.8 Å². The highest BCUT2D eigenvalue weighted by molar-refractivity contribution is 6.30. The number of methoxy groups -OCH3 is 1. The number of pyridine rings is 2. The fraction of sp³-hybridized carbons (Fsp3) is 0.536. The van der Waals surface area contributed by atoms with E-state index in [1.54, 1.807) is 24.5 Å². The zero-order valence-electron chi connectivity index (χ0n) is 23.1. The molecule has 5 rings (SSSR count). The van der Waals surface area contributed by atoms with Gasteiger partial charge in [0.25, 0.3) is 0 Å². The van der Waals surface area contributed by atoms with Gasteiger partial charge in [-0.1, -0.05) is 49.4 Å². The summed E-state index contributed by atoms with van der Waals surface area (Å²) in [6.45, 7) is 3.28. The number of halogens is 3. The summed E-state index contributed by atoms with van der Waals surface area (Å²) in [7, 11) is 1.52. The summed E-state index contributed by atoms with van der Waals surface area (Å²) in [5.74, 6) is 1.39. The summed E-state index contributed by atoms with van der Waals surface area (Å²) in [6, 6.07) is 3.50. The third-order valence-electron chi connectivity index (χ3n) is 7.81. The lowest BCUT2D eigenvalue weighted by Gasteiger charge is -2.26. The fourth-order valence-corrected chi connectivity index (χ4v) is 5.64. The molecule has 1 unspecified atom stereocenters. The summed E-state index contributed by atoms with van der Waals surface area (Å²) in [5, 5.41) is 7.60. The van der Waals surface area contributed by atoms with Gasteiger partial charge in [-0.3, -0.25) is 14.5 Å². The largest absolute Gasteiger partial charge is 0.439 e. The highest BCUT2D eigenvalue weighted by Gasteiger charge is 2.24. The number of aryl methyl sites for hydroxylation is 1. The summed E-state index contributed by atoms with van der Waals surface area (Å²) in [5.41, 5.74) is 2.96. The van der Waals surface area contributed by atoms with Crippen LogP contribution in [-0.4, -0.2) is 55.8 Å². The highest BCUT2D eigenvalue weighted by atomic mass is 35.5. The van der Waals surface area contributed by atoms with E-state index in [0.29, 0.717) is 52.4 Å². The first-order chi connectivity index (χ1) is 19.8. The molecule has 0 amide bonds. The van der Waals surface area contributed by atoms with Gasteiger partial charge in [0.15, 0.2) is 0 Å². The molecule has 1 atom stereocenters. The quantitative estimate of drug-likeness (QED) is 0.201. The molecular formula is C28H34ClF2N7O3. The summed E-state index contributed by atoms with van der Waals surface area (Å²) in [4.78, 5) is 28.2. The van der Waals surface area contributed by atoms with Crippen molar-refractivity contribution in [2.45, 2.75) is 70.9 Å². The topological polar surface area (TPSA) is 124 Å². The van der Waals surface area contributed by atoms with Gasteiger partial charge < -0.3 is 14.6 Å². The van der Waals surface area contributed by atoms with Crippen molar-refractivity contribution in [3.8, 4) is 22.8 Å². The van der Waals surface area contributed by atoms with E-state index < -0.39 is 18.3 Å². The molecule has 13 heteroatoms. The van der Waals surface area contributed by atoms with Crippen molar-refractivity contribution in [1.82, 2.24) is 29.7 Å². The van der Waals surface area contributed by atoms with E-state index in [4.69, 9.17) is 30.8 Å². The zero-order valence-corrected chi connectivity index (χ0v) is 23.8. The number of nitrogens with one attached hydrogen (secondary N) is 2. The first-order valence-corrected chi connectivity index (χ1v) is 14.3. The molecule has 1 saturated carbocycles. The van der Waals surface area contributed by atoms with E-state index in [1.807, 2.05) is 0 Å². The van der Waals surface area contributed by atoms with Crippen LogP contribution in [0.2, 0.25) is 5.02 Å². The maximum atomic E-state index is 12.9. The van der Waals surface area contributed by atoms with Gasteiger partial charge in [0.1, 0.15) is 5.69 Å². The zero-order chi connectivity index (χ0) is 28.9. The number of aromatic nitrogens is 6. The van der Waals surface area contributed by atoms with Crippen LogP contribution in [0.5, 0.6) is 0 Å². The van der Waals surface area contributed by atoms with Crippen molar-refractivity contribution in [2.75, 3.05) is 19.0 Å². The Balaban J connectivity index is 1.57. The molecule has 220 valence electrons.